The number of aromatic nitrogens is 2. The fourth-order valence-corrected chi connectivity index (χ4v) is 2.01. The van der Waals surface area contributed by atoms with Crippen LogP contribution in [0.3, 0.4) is 0 Å². The monoisotopic (exact) mass is 226 g/mol. The zero-order chi connectivity index (χ0) is 10.8. The van der Waals surface area contributed by atoms with E-state index >= 15 is 0 Å². The fourth-order valence-electron chi connectivity index (χ4n) is 1.40. The summed E-state index contributed by atoms with van der Waals surface area (Å²) in [5, 5.41) is 14.4. The molecule has 1 saturated carbocycles. The lowest BCUT2D eigenvalue weighted by Gasteiger charge is -1.99. The van der Waals surface area contributed by atoms with Crippen molar-refractivity contribution in [1.29, 1.82) is 0 Å². The number of nitrogens with one attached hydrogen (secondary N) is 2. The van der Waals surface area contributed by atoms with Crippen LogP contribution in [0.5, 0.6) is 0 Å². The fraction of sp³-hybridized carbons (Fsp3) is 0.667. The standard InChI is InChI=1S/C9H14N4OS/c1-5-3-6(5)4-11-7(14)8-12-13-9(10-2)15-8/h5-6H,3-4H2,1-2H3,(H,10,13)(H,11,14). The number of carbonyl (C=O) groups excluding carboxylic acids is 1. The first-order valence-electron chi connectivity index (χ1n) is 5.00. The predicted molar refractivity (Wildman–Crippen MR) is 59.1 cm³/mol. The molecule has 0 spiro atoms. The van der Waals surface area contributed by atoms with Crippen LogP contribution in [0.25, 0.3) is 0 Å². The Labute approximate surface area is 92.3 Å². The van der Waals surface area contributed by atoms with Gasteiger partial charge in [0.15, 0.2) is 0 Å². The van der Waals surface area contributed by atoms with E-state index in [-0.39, 0.29) is 5.91 Å². The van der Waals surface area contributed by atoms with Crippen molar-refractivity contribution in [1.82, 2.24) is 15.5 Å². The zero-order valence-corrected chi connectivity index (χ0v) is 9.60. The molecule has 2 atom stereocenters. The first-order chi connectivity index (χ1) is 7.20. The van der Waals surface area contributed by atoms with Crippen molar-refractivity contribution in [2.24, 2.45) is 11.8 Å². The lowest BCUT2D eigenvalue weighted by atomic mass is 10.3. The topological polar surface area (TPSA) is 66.9 Å². The summed E-state index contributed by atoms with van der Waals surface area (Å²) in [6.45, 7) is 2.95. The van der Waals surface area contributed by atoms with Gasteiger partial charge in [0.05, 0.1) is 0 Å². The molecule has 2 N–H and O–H groups in total. The second kappa shape index (κ2) is 4.14. The van der Waals surface area contributed by atoms with Crippen molar-refractivity contribution >= 4 is 22.4 Å². The van der Waals surface area contributed by atoms with Gasteiger partial charge in [-0.05, 0) is 18.3 Å². The van der Waals surface area contributed by atoms with Gasteiger partial charge >= 0.3 is 0 Å². The Bertz CT molecular complexity index is 365. The summed E-state index contributed by atoms with van der Waals surface area (Å²) in [6, 6.07) is 0. The summed E-state index contributed by atoms with van der Waals surface area (Å²) >= 11 is 1.27. The highest BCUT2D eigenvalue weighted by molar-refractivity contribution is 7.17. The molecular weight excluding hydrogens is 212 g/mol. The molecule has 1 aromatic heterocycles. The van der Waals surface area contributed by atoms with Gasteiger partial charge in [-0.3, -0.25) is 4.79 Å². The molecule has 2 rings (SSSR count). The van der Waals surface area contributed by atoms with E-state index in [1.807, 2.05) is 0 Å². The van der Waals surface area contributed by atoms with Gasteiger partial charge in [-0.1, -0.05) is 18.3 Å². The van der Waals surface area contributed by atoms with Crippen LogP contribution in [-0.4, -0.2) is 29.7 Å². The quantitative estimate of drug-likeness (QED) is 0.802. The number of hydrogen-bond donors (Lipinski definition) is 2. The first-order valence-corrected chi connectivity index (χ1v) is 5.82. The maximum atomic E-state index is 11.6. The normalized spacial score (nSPS) is 23.6. The summed E-state index contributed by atoms with van der Waals surface area (Å²) < 4.78 is 0. The van der Waals surface area contributed by atoms with Crippen LogP contribution in [0.2, 0.25) is 0 Å². The highest BCUT2D eigenvalue weighted by Crippen LogP contribution is 2.36. The smallest absolute Gasteiger partial charge is 0.282 e. The molecule has 0 bridgehead atoms. The second-order valence-corrected chi connectivity index (χ2v) is 4.82. The molecule has 0 saturated heterocycles. The molecule has 1 aliphatic carbocycles. The Kier molecular flexibility index (Phi) is 2.86. The van der Waals surface area contributed by atoms with Crippen LogP contribution >= 0.6 is 11.3 Å². The maximum absolute atomic E-state index is 11.6. The van der Waals surface area contributed by atoms with E-state index in [0.29, 0.717) is 16.1 Å². The van der Waals surface area contributed by atoms with Crippen molar-refractivity contribution in [3.8, 4) is 0 Å². The van der Waals surface area contributed by atoms with Crippen LogP contribution in [0.15, 0.2) is 0 Å². The SMILES string of the molecule is CNc1nnc(C(=O)NCC2CC2C)s1. The van der Waals surface area contributed by atoms with E-state index in [4.69, 9.17) is 0 Å². The molecule has 1 aromatic rings. The Hall–Kier alpha value is -1.17. The molecule has 1 aliphatic rings. The van der Waals surface area contributed by atoms with Crippen LogP contribution in [0.4, 0.5) is 5.13 Å². The molecule has 1 fully saturated rings. The van der Waals surface area contributed by atoms with Gasteiger partial charge in [-0.15, -0.1) is 10.2 Å². The van der Waals surface area contributed by atoms with Crippen molar-refractivity contribution in [2.45, 2.75) is 13.3 Å². The molecule has 82 valence electrons. The molecule has 5 nitrogen and oxygen atoms in total. The van der Waals surface area contributed by atoms with Crippen molar-refractivity contribution < 1.29 is 4.79 Å². The Morgan fingerprint density at radius 1 is 1.60 bits per heavy atom. The molecule has 0 aliphatic heterocycles. The van der Waals surface area contributed by atoms with Gasteiger partial charge in [0, 0.05) is 13.6 Å². The Morgan fingerprint density at radius 2 is 2.33 bits per heavy atom. The Balaban J connectivity index is 1.84. The number of carbonyl (C=O) groups is 1. The van der Waals surface area contributed by atoms with Gasteiger partial charge in [-0.2, -0.15) is 0 Å². The van der Waals surface area contributed by atoms with E-state index in [0.717, 1.165) is 12.5 Å². The van der Waals surface area contributed by atoms with Gasteiger partial charge < -0.3 is 10.6 Å². The molecular formula is C9H14N4OS. The summed E-state index contributed by atoms with van der Waals surface area (Å²) in [6.07, 6.45) is 1.22. The molecule has 0 radical (unpaired) electrons. The summed E-state index contributed by atoms with van der Waals surface area (Å²) in [4.78, 5) is 11.6. The van der Waals surface area contributed by atoms with Crippen LogP contribution in [-0.2, 0) is 0 Å². The zero-order valence-electron chi connectivity index (χ0n) is 8.78. The number of rotatable bonds is 4. The third kappa shape index (κ3) is 2.44. The summed E-state index contributed by atoms with van der Waals surface area (Å²) in [5.74, 6) is 1.30. The number of hydrogen-bond acceptors (Lipinski definition) is 5. The lowest BCUT2D eigenvalue weighted by molar-refractivity contribution is 0.0950. The average molecular weight is 226 g/mol. The van der Waals surface area contributed by atoms with Crippen molar-refractivity contribution in [3.05, 3.63) is 5.01 Å². The van der Waals surface area contributed by atoms with Crippen LogP contribution in [0.1, 0.15) is 23.1 Å². The molecule has 1 amide bonds. The predicted octanol–water partition coefficient (Wildman–Crippen LogP) is 0.966. The van der Waals surface area contributed by atoms with Crippen molar-refractivity contribution in [3.63, 3.8) is 0 Å². The van der Waals surface area contributed by atoms with Crippen molar-refractivity contribution in [2.75, 3.05) is 18.9 Å². The van der Waals surface area contributed by atoms with E-state index in [1.54, 1.807) is 7.05 Å². The third-order valence-electron chi connectivity index (χ3n) is 2.63. The van der Waals surface area contributed by atoms with E-state index in [2.05, 4.69) is 27.8 Å². The van der Waals surface area contributed by atoms with Crippen LogP contribution < -0.4 is 10.6 Å². The molecule has 6 heteroatoms. The lowest BCUT2D eigenvalue weighted by Crippen LogP contribution is -2.25. The average Bonchev–Trinajstić information content (AvgIpc) is 2.78. The number of anilines is 1. The third-order valence-corrected chi connectivity index (χ3v) is 3.57. The van der Waals surface area contributed by atoms with E-state index in [1.165, 1.54) is 17.8 Å². The van der Waals surface area contributed by atoms with Gasteiger partial charge in [-0.25, -0.2) is 0 Å². The maximum Gasteiger partial charge on any atom is 0.282 e. The summed E-state index contributed by atoms with van der Waals surface area (Å²) in [7, 11) is 1.76. The molecule has 0 aromatic carbocycles. The minimum absolute atomic E-state index is 0.117. The molecule has 15 heavy (non-hydrogen) atoms. The van der Waals surface area contributed by atoms with Crippen LogP contribution in [0, 0.1) is 11.8 Å². The van der Waals surface area contributed by atoms with Gasteiger partial charge in [0.1, 0.15) is 0 Å². The van der Waals surface area contributed by atoms with Gasteiger partial charge in [0.25, 0.3) is 5.91 Å². The summed E-state index contributed by atoms with van der Waals surface area (Å²) in [5.41, 5.74) is 0. The molecule has 1 heterocycles. The Morgan fingerprint density at radius 3 is 2.87 bits per heavy atom. The highest BCUT2D eigenvalue weighted by atomic mass is 32.1. The number of nitrogens with zero attached hydrogens (tertiary/aromatic N) is 2. The molecule has 2 unspecified atom stereocenters. The highest BCUT2D eigenvalue weighted by Gasteiger charge is 2.32. The first kappa shape index (κ1) is 10.4. The van der Waals surface area contributed by atoms with Gasteiger partial charge in [0.2, 0.25) is 10.1 Å². The minimum Gasteiger partial charge on any atom is -0.363 e. The van der Waals surface area contributed by atoms with E-state index < -0.39 is 0 Å². The largest absolute Gasteiger partial charge is 0.363 e. The minimum atomic E-state index is -0.117. The van der Waals surface area contributed by atoms with E-state index in [9.17, 15) is 4.79 Å². The second-order valence-electron chi connectivity index (χ2n) is 3.85. The number of amides is 1.